The fraction of sp³-hybridized carbons (Fsp3) is 0.350. The van der Waals surface area contributed by atoms with Gasteiger partial charge >= 0.3 is 0 Å². The number of hydrogen-bond donors (Lipinski definition) is 1. The molecule has 6 nitrogen and oxygen atoms in total. The van der Waals surface area contributed by atoms with Crippen LogP contribution in [-0.2, 0) is 4.79 Å². The third-order valence-corrected chi connectivity index (χ3v) is 6.06. The average Bonchev–Trinajstić information content (AvgIpc) is 2.72. The highest BCUT2D eigenvalue weighted by molar-refractivity contribution is 8.00. The minimum absolute atomic E-state index is 0.158. The summed E-state index contributed by atoms with van der Waals surface area (Å²) >= 11 is 1.30. The van der Waals surface area contributed by atoms with Crippen molar-refractivity contribution in [2.24, 2.45) is 0 Å². The fourth-order valence-electron chi connectivity index (χ4n) is 3.72. The van der Waals surface area contributed by atoms with Gasteiger partial charge in [0.2, 0.25) is 5.91 Å². The molecule has 0 aliphatic carbocycles. The van der Waals surface area contributed by atoms with E-state index < -0.39 is 0 Å². The van der Waals surface area contributed by atoms with E-state index >= 15 is 0 Å². The summed E-state index contributed by atoms with van der Waals surface area (Å²) in [6.45, 7) is 2.05. The second-order valence-corrected chi connectivity index (χ2v) is 7.63. The van der Waals surface area contributed by atoms with Gasteiger partial charge in [-0.2, -0.15) is 5.26 Å². The van der Waals surface area contributed by atoms with Gasteiger partial charge in [0, 0.05) is 13.1 Å². The fourth-order valence-corrected chi connectivity index (χ4v) is 4.47. The Morgan fingerprint density at radius 1 is 1.41 bits per heavy atom. The topological polar surface area (TPSA) is 78.2 Å². The summed E-state index contributed by atoms with van der Waals surface area (Å²) < 4.78 is 5.25. The summed E-state index contributed by atoms with van der Waals surface area (Å²) in [7, 11) is 1.57. The molecule has 138 valence electrons. The molecule has 0 atom stereocenters. The summed E-state index contributed by atoms with van der Waals surface area (Å²) in [4.78, 5) is 19.4. The highest BCUT2D eigenvalue weighted by Gasteiger charge is 2.33. The van der Waals surface area contributed by atoms with Gasteiger partial charge in [0.25, 0.3) is 0 Å². The average molecular weight is 380 g/mol. The number of thioether (sulfide) groups is 1. The largest absolute Gasteiger partial charge is 0.495 e. The molecule has 1 fully saturated rings. The van der Waals surface area contributed by atoms with Crippen molar-refractivity contribution in [3.05, 3.63) is 41.5 Å². The van der Waals surface area contributed by atoms with Crippen LogP contribution in [-0.4, -0.2) is 36.8 Å². The number of anilines is 2. The number of nitrogens with zero attached hydrogens (tertiary/aromatic N) is 3. The maximum Gasteiger partial charge on any atom is 0.234 e. The number of nitrogens with one attached hydrogen (secondary N) is 1. The van der Waals surface area contributed by atoms with Gasteiger partial charge in [-0.15, -0.1) is 0 Å². The van der Waals surface area contributed by atoms with E-state index in [9.17, 15) is 10.1 Å². The van der Waals surface area contributed by atoms with Crippen LogP contribution in [0.25, 0.3) is 0 Å². The van der Waals surface area contributed by atoms with Gasteiger partial charge in [-0.3, -0.25) is 4.79 Å². The molecule has 0 saturated carbocycles. The van der Waals surface area contributed by atoms with Crippen LogP contribution in [0.4, 0.5) is 11.5 Å². The normalized spacial score (nSPS) is 15.2. The van der Waals surface area contributed by atoms with E-state index in [4.69, 9.17) is 9.72 Å². The lowest BCUT2D eigenvalue weighted by Crippen LogP contribution is -2.39. The number of ether oxygens (including phenoxy) is 1. The maximum absolute atomic E-state index is 12.4. The van der Waals surface area contributed by atoms with Crippen LogP contribution in [0.1, 0.15) is 29.9 Å². The first kappa shape index (κ1) is 17.7. The molecule has 27 heavy (non-hydrogen) atoms. The van der Waals surface area contributed by atoms with Crippen LogP contribution in [0.5, 0.6) is 5.75 Å². The zero-order valence-electron chi connectivity index (χ0n) is 15.1. The number of pyridine rings is 1. The third-order valence-electron chi connectivity index (χ3n) is 5.07. The van der Waals surface area contributed by atoms with Gasteiger partial charge in [-0.05, 0) is 42.5 Å². The quantitative estimate of drug-likeness (QED) is 0.801. The van der Waals surface area contributed by atoms with Crippen molar-refractivity contribution < 1.29 is 9.53 Å². The molecule has 2 aromatic rings. The summed E-state index contributed by atoms with van der Waals surface area (Å²) in [5.74, 6) is 2.14. The zero-order valence-corrected chi connectivity index (χ0v) is 15.9. The number of hydrogen-bond acceptors (Lipinski definition) is 6. The molecule has 0 spiro atoms. The summed E-state index contributed by atoms with van der Waals surface area (Å²) in [6.07, 6.45) is 2.26. The Balaban J connectivity index is 1.49. The van der Waals surface area contributed by atoms with E-state index in [1.807, 2.05) is 18.2 Å². The Bertz CT molecular complexity index is 917. The molecule has 3 aliphatic heterocycles. The molecule has 4 heterocycles. The lowest BCUT2D eigenvalue weighted by atomic mass is 9.84. The van der Waals surface area contributed by atoms with Crippen LogP contribution >= 0.6 is 11.8 Å². The Hall–Kier alpha value is -2.72. The highest BCUT2D eigenvalue weighted by atomic mass is 32.2. The molecule has 5 rings (SSSR count). The van der Waals surface area contributed by atoms with Gasteiger partial charge < -0.3 is 15.0 Å². The number of fused-ring (bicyclic) bond motifs is 2. The minimum atomic E-state index is -0.158. The molecule has 0 unspecified atom stereocenters. The highest BCUT2D eigenvalue weighted by Crippen LogP contribution is 2.42. The first-order chi connectivity index (χ1) is 13.2. The van der Waals surface area contributed by atoms with Crippen LogP contribution in [0.15, 0.2) is 35.4 Å². The Morgan fingerprint density at radius 3 is 2.93 bits per heavy atom. The molecule has 1 N–H and O–H groups in total. The standard InChI is InChI=1S/C20H20N4O2S/c1-26-17-5-3-2-4-16(17)22-18(25)12-27-20-14(11-21)10-15-13-6-8-24(9-7-13)19(15)23-20/h2-5,10,13H,6-9,12H2,1H3,(H,22,25). The molecular weight excluding hydrogens is 360 g/mol. The number of para-hydroxylation sites is 2. The van der Waals surface area contributed by atoms with Crippen molar-refractivity contribution in [3.63, 3.8) is 0 Å². The van der Waals surface area contributed by atoms with Crippen molar-refractivity contribution >= 4 is 29.2 Å². The molecule has 1 aromatic carbocycles. The van der Waals surface area contributed by atoms with Crippen LogP contribution in [0.3, 0.4) is 0 Å². The molecule has 1 saturated heterocycles. The van der Waals surface area contributed by atoms with Crippen LogP contribution in [0.2, 0.25) is 0 Å². The summed E-state index contributed by atoms with van der Waals surface area (Å²) in [5, 5.41) is 13.0. The number of carbonyl (C=O) groups is 1. The van der Waals surface area contributed by atoms with Crippen molar-refractivity contribution in [2.75, 3.05) is 36.2 Å². The molecular formula is C20H20N4O2S. The SMILES string of the molecule is COc1ccccc1NC(=O)CSc1nc2c(cc1C#N)C1CCN2CC1. The number of rotatable bonds is 5. The molecule has 1 amide bonds. The maximum atomic E-state index is 12.4. The Morgan fingerprint density at radius 2 is 2.19 bits per heavy atom. The minimum Gasteiger partial charge on any atom is -0.495 e. The molecule has 7 heteroatoms. The second-order valence-electron chi connectivity index (χ2n) is 6.66. The molecule has 1 aromatic heterocycles. The number of nitriles is 1. The van der Waals surface area contributed by atoms with E-state index in [0.717, 1.165) is 31.7 Å². The molecule has 0 radical (unpaired) electrons. The Kier molecular flexibility index (Phi) is 4.90. The molecule has 3 aliphatic rings. The third kappa shape index (κ3) is 3.45. The Labute approximate surface area is 162 Å². The van der Waals surface area contributed by atoms with Gasteiger partial charge in [-0.1, -0.05) is 23.9 Å². The number of carbonyl (C=O) groups excluding carboxylic acids is 1. The van der Waals surface area contributed by atoms with E-state index in [0.29, 0.717) is 27.9 Å². The van der Waals surface area contributed by atoms with Crippen molar-refractivity contribution in [1.82, 2.24) is 4.98 Å². The predicted molar refractivity (Wildman–Crippen MR) is 105 cm³/mol. The number of piperidine rings is 1. The zero-order chi connectivity index (χ0) is 18.8. The molecule has 2 bridgehead atoms. The van der Waals surface area contributed by atoms with Crippen LogP contribution < -0.4 is 15.0 Å². The van der Waals surface area contributed by atoms with E-state index in [1.54, 1.807) is 19.2 Å². The second kappa shape index (κ2) is 7.49. The van der Waals surface area contributed by atoms with Crippen LogP contribution in [0, 0.1) is 11.3 Å². The predicted octanol–water partition coefficient (Wildman–Crippen LogP) is 3.39. The lowest BCUT2D eigenvalue weighted by Gasteiger charge is -2.41. The van der Waals surface area contributed by atoms with E-state index in [2.05, 4.69) is 16.3 Å². The van der Waals surface area contributed by atoms with Gasteiger partial charge in [0.1, 0.15) is 22.7 Å². The van der Waals surface area contributed by atoms with E-state index in [-0.39, 0.29) is 11.7 Å². The van der Waals surface area contributed by atoms with E-state index in [1.165, 1.54) is 17.3 Å². The summed E-state index contributed by atoms with van der Waals surface area (Å²) in [6, 6.07) is 11.5. The van der Waals surface area contributed by atoms with Crippen molar-refractivity contribution in [1.29, 1.82) is 5.26 Å². The first-order valence-electron chi connectivity index (χ1n) is 8.95. The first-order valence-corrected chi connectivity index (χ1v) is 9.94. The number of amides is 1. The van der Waals surface area contributed by atoms with Crippen molar-refractivity contribution in [2.45, 2.75) is 23.8 Å². The smallest absolute Gasteiger partial charge is 0.234 e. The number of methoxy groups -OCH3 is 1. The number of benzene rings is 1. The van der Waals surface area contributed by atoms with Gasteiger partial charge in [0.15, 0.2) is 0 Å². The van der Waals surface area contributed by atoms with Gasteiger partial charge in [-0.25, -0.2) is 4.98 Å². The van der Waals surface area contributed by atoms with Gasteiger partial charge in [0.05, 0.1) is 24.1 Å². The monoisotopic (exact) mass is 380 g/mol. The summed E-state index contributed by atoms with van der Waals surface area (Å²) in [5.41, 5.74) is 2.37. The number of aromatic nitrogens is 1. The lowest BCUT2D eigenvalue weighted by molar-refractivity contribution is -0.113. The van der Waals surface area contributed by atoms with Crippen molar-refractivity contribution in [3.8, 4) is 11.8 Å².